The standard InChI is InChI=1S/C11H17NS/c1-8-11(5-6-13-8)9-3-4-10(7-9)12-2/h5-6,9-10,12H,3-4,7H2,1-2H3. The van der Waals surface area contributed by atoms with E-state index in [2.05, 4.69) is 30.7 Å². The molecule has 1 aromatic rings. The van der Waals surface area contributed by atoms with Crippen LogP contribution in [0, 0.1) is 6.92 Å². The van der Waals surface area contributed by atoms with Crippen molar-refractivity contribution < 1.29 is 0 Å². The lowest BCUT2D eigenvalue weighted by Crippen LogP contribution is -2.21. The van der Waals surface area contributed by atoms with Crippen molar-refractivity contribution in [2.45, 2.75) is 38.1 Å². The molecule has 2 unspecified atom stereocenters. The van der Waals surface area contributed by atoms with Crippen molar-refractivity contribution in [1.82, 2.24) is 5.32 Å². The monoisotopic (exact) mass is 195 g/mol. The topological polar surface area (TPSA) is 12.0 Å². The van der Waals surface area contributed by atoms with Gasteiger partial charge in [0.15, 0.2) is 0 Å². The van der Waals surface area contributed by atoms with Gasteiger partial charge in [0, 0.05) is 10.9 Å². The van der Waals surface area contributed by atoms with Crippen molar-refractivity contribution in [1.29, 1.82) is 0 Å². The molecule has 0 saturated heterocycles. The molecule has 0 aliphatic heterocycles. The van der Waals surface area contributed by atoms with Crippen molar-refractivity contribution in [3.8, 4) is 0 Å². The zero-order chi connectivity index (χ0) is 9.26. The molecule has 0 radical (unpaired) electrons. The minimum absolute atomic E-state index is 0.754. The largest absolute Gasteiger partial charge is 0.317 e. The maximum atomic E-state index is 3.38. The average Bonchev–Trinajstić information content (AvgIpc) is 2.71. The van der Waals surface area contributed by atoms with E-state index in [1.807, 2.05) is 11.3 Å². The first-order valence-electron chi connectivity index (χ1n) is 5.02. The van der Waals surface area contributed by atoms with Crippen molar-refractivity contribution in [2.75, 3.05) is 7.05 Å². The second kappa shape index (κ2) is 3.81. The Kier molecular flexibility index (Phi) is 2.70. The molecule has 0 bridgehead atoms. The van der Waals surface area contributed by atoms with Gasteiger partial charge in [0.05, 0.1) is 0 Å². The van der Waals surface area contributed by atoms with Crippen molar-refractivity contribution >= 4 is 11.3 Å². The SMILES string of the molecule is CNC1CCC(c2ccsc2C)C1. The summed E-state index contributed by atoms with van der Waals surface area (Å²) < 4.78 is 0. The molecule has 13 heavy (non-hydrogen) atoms. The number of hydrogen-bond donors (Lipinski definition) is 1. The molecule has 0 amide bonds. The molecule has 1 aliphatic carbocycles. The third-order valence-corrected chi connectivity index (χ3v) is 4.04. The van der Waals surface area contributed by atoms with Crippen LogP contribution in [-0.4, -0.2) is 13.1 Å². The summed E-state index contributed by atoms with van der Waals surface area (Å²) in [6.07, 6.45) is 4.04. The van der Waals surface area contributed by atoms with Gasteiger partial charge in [0.25, 0.3) is 0 Å². The van der Waals surface area contributed by atoms with Gasteiger partial charge in [-0.2, -0.15) is 0 Å². The third-order valence-electron chi connectivity index (χ3n) is 3.18. The molecule has 1 aromatic heterocycles. The lowest BCUT2D eigenvalue weighted by Gasteiger charge is -2.10. The first-order valence-corrected chi connectivity index (χ1v) is 5.90. The summed E-state index contributed by atoms with van der Waals surface area (Å²) in [5, 5.41) is 5.60. The summed E-state index contributed by atoms with van der Waals surface area (Å²) in [5.74, 6) is 0.823. The van der Waals surface area contributed by atoms with E-state index >= 15 is 0 Å². The number of rotatable bonds is 2. The lowest BCUT2D eigenvalue weighted by atomic mass is 9.98. The van der Waals surface area contributed by atoms with Gasteiger partial charge in [-0.3, -0.25) is 0 Å². The average molecular weight is 195 g/mol. The van der Waals surface area contributed by atoms with Crippen molar-refractivity contribution in [3.05, 3.63) is 21.9 Å². The Labute approximate surface area is 84.2 Å². The van der Waals surface area contributed by atoms with E-state index in [0.717, 1.165) is 12.0 Å². The van der Waals surface area contributed by atoms with Crippen LogP contribution >= 0.6 is 11.3 Å². The fourth-order valence-electron chi connectivity index (χ4n) is 2.34. The number of hydrogen-bond acceptors (Lipinski definition) is 2. The molecule has 1 aliphatic rings. The normalized spacial score (nSPS) is 28.2. The Morgan fingerprint density at radius 3 is 2.85 bits per heavy atom. The Balaban J connectivity index is 2.08. The molecule has 1 saturated carbocycles. The summed E-state index contributed by atoms with van der Waals surface area (Å²) in [7, 11) is 2.08. The van der Waals surface area contributed by atoms with E-state index in [9.17, 15) is 0 Å². The molecule has 72 valence electrons. The van der Waals surface area contributed by atoms with E-state index < -0.39 is 0 Å². The quantitative estimate of drug-likeness (QED) is 0.765. The highest BCUT2D eigenvalue weighted by Crippen LogP contribution is 2.37. The van der Waals surface area contributed by atoms with Crippen molar-refractivity contribution in [2.24, 2.45) is 0 Å². The van der Waals surface area contributed by atoms with Crippen molar-refractivity contribution in [3.63, 3.8) is 0 Å². The molecule has 1 fully saturated rings. The van der Waals surface area contributed by atoms with Gasteiger partial charge in [0.2, 0.25) is 0 Å². The molecule has 1 heterocycles. The molecular formula is C11H17NS. The summed E-state index contributed by atoms with van der Waals surface area (Å²) in [6.45, 7) is 2.24. The second-order valence-corrected chi connectivity index (χ2v) is 5.05. The summed E-state index contributed by atoms with van der Waals surface area (Å²) in [6, 6.07) is 3.06. The van der Waals surface area contributed by atoms with Crippen LogP contribution in [0.15, 0.2) is 11.4 Å². The minimum atomic E-state index is 0.754. The molecule has 2 rings (SSSR count). The van der Waals surface area contributed by atoms with Gasteiger partial charge >= 0.3 is 0 Å². The minimum Gasteiger partial charge on any atom is -0.317 e. The van der Waals surface area contributed by atoms with Crippen LogP contribution in [0.25, 0.3) is 0 Å². The first-order chi connectivity index (χ1) is 6.31. The van der Waals surface area contributed by atoms with Gasteiger partial charge in [-0.25, -0.2) is 0 Å². The molecule has 1 N–H and O–H groups in total. The Morgan fingerprint density at radius 1 is 1.46 bits per heavy atom. The number of thiophene rings is 1. The van der Waals surface area contributed by atoms with E-state index in [1.165, 1.54) is 24.1 Å². The van der Waals surface area contributed by atoms with Crippen LogP contribution in [0.1, 0.15) is 35.6 Å². The van der Waals surface area contributed by atoms with E-state index in [4.69, 9.17) is 0 Å². The van der Waals surface area contributed by atoms with E-state index in [0.29, 0.717) is 0 Å². The van der Waals surface area contributed by atoms with Gasteiger partial charge in [0.1, 0.15) is 0 Å². The van der Waals surface area contributed by atoms with Gasteiger partial charge in [-0.15, -0.1) is 11.3 Å². The van der Waals surface area contributed by atoms with Gasteiger partial charge < -0.3 is 5.32 Å². The molecular weight excluding hydrogens is 178 g/mol. The maximum absolute atomic E-state index is 3.38. The molecule has 0 aromatic carbocycles. The fraction of sp³-hybridized carbons (Fsp3) is 0.636. The number of nitrogens with one attached hydrogen (secondary N) is 1. The predicted molar refractivity (Wildman–Crippen MR) is 58.5 cm³/mol. The third kappa shape index (κ3) is 1.79. The van der Waals surface area contributed by atoms with Crippen LogP contribution in [-0.2, 0) is 0 Å². The highest BCUT2D eigenvalue weighted by Gasteiger charge is 2.25. The highest BCUT2D eigenvalue weighted by atomic mass is 32.1. The van der Waals surface area contributed by atoms with Crippen LogP contribution < -0.4 is 5.32 Å². The van der Waals surface area contributed by atoms with Crippen LogP contribution in [0.3, 0.4) is 0 Å². The smallest absolute Gasteiger partial charge is 0.00701 e. The molecule has 0 spiro atoms. The van der Waals surface area contributed by atoms with Crippen LogP contribution in [0.5, 0.6) is 0 Å². The summed E-state index contributed by atoms with van der Waals surface area (Å²) in [5.41, 5.74) is 1.60. The first kappa shape index (κ1) is 9.22. The van der Waals surface area contributed by atoms with Gasteiger partial charge in [-0.05, 0) is 56.2 Å². The lowest BCUT2D eigenvalue weighted by molar-refractivity contribution is 0.572. The van der Waals surface area contributed by atoms with E-state index in [-0.39, 0.29) is 0 Å². The Bertz CT molecular complexity index is 279. The molecule has 1 nitrogen and oxygen atoms in total. The second-order valence-electron chi connectivity index (χ2n) is 3.93. The predicted octanol–water partition coefficient (Wildman–Crippen LogP) is 2.91. The molecule has 2 heteroatoms. The zero-order valence-electron chi connectivity index (χ0n) is 8.34. The number of aryl methyl sites for hydroxylation is 1. The van der Waals surface area contributed by atoms with E-state index in [1.54, 1.807) is 5.56 Å². The highest BCUT2D eigenvalue weighted by molar-refractivity contribution is 7.10. The fourth-order valence-corrected chi connectivity index (χ4v) is 3.13. The summed E-state index contributed by atoms with van der Waals surface area (Å²) >= 11 is 1.88. The Hall–Kier alpha value is -0.340. The zero-order valence-corrected chi connectivity index (χ0v) is 9.16. The van der Waals surface area contributed by atoms with Crippen LogP contribution in [0.2, 0.25) is 0 Å². The Morgan fingerprint density at radius 2 is 2.31 bits per heavy atom. The summed E-state index contributed by atoms with van der Waals surface area (Å²) in [4.78, 5) is 1.52. The molecule has 2 atom stereocenters. The van der Waals surface area contributed by atoms with Crippen LogP contribution in [0.4, 0.5) is 0 Å². The van der Waals surface area contributed by atoms with Gasteiger partial charge in [-0.1, -0.05) is 0 Å². The maximum Gasteiger partial charge on any atom is 0.00701 e.